The molecule has 0 bridgehead atoms. The summed E-state index contributed by atoms with van der Waals surface area (Å²) in [5.41, 5.74) is 12.4. The Bertz CT molecular complexity index is 4340. The molecule has 0 spiro atoms. The second kappa shape index (κ2) is 16.7. The highest BCUT2D eigenvalue weighted by Gasteiger charge is 2.21. The van der Waals surface area contributed by atoms with Gasteiger partial charge >= 0.3 is 0 Å². The summed E-state index contributed by atoms with van der Waals surface area (Å²) in [5, 5.41) is 15.1. The number of benzene rings is 12. The monoisotopic (exact) mass is 922 g/mol. The van der Waals surface area contributed by atoms with Crippen LogP contribution in [0, 0.1) is 0 Å². The van der Waals surface area contributed by atoms with E-state index in [1.165, 1.54) is 140 Å². The highest BCUT2D eigenvalue weighted by Crippen LogP contribution is 2.50. The molecule has 0 amide bonds. The Kier molecular flexibility index (Phi) is 9.69. The molecule has 0 fully saturated rings. The first-order chi connectivity index (χ1) is 34.7. The smallest absolute Gasteiger partial charge is 0.0434 e. The van der Waals surface area contributed by atoms with E-state index in [1.807, 2.05) is 22.7 Å². The van der Waals surface area contributed by atoms with E-state index < -0.39 is 0 Å². The van der Waals surface area contributed by atoms with Crippen molar-refractivity contribution in [2.75, 3.05) is 0 Å². The van der Waals surface area contributed by atoms with Gasteiger partial charge in [-0.05, 0) is 124 Å². The Morgan fingerprint density at radius 3 is 1.21 bits per heavy atom. The van der Waals surface area contributed by atoms with Crippen molar-refractivity contribution in [1.29, 1.82) is 0 Å². The lowest BCUT2D eigenvalue weighted by molar-refractivity contribution is 1.62. The van der Waals surface area contributed by atoms with Crippen molar-refractivity contribution >= 4 is 87.3 Å². The minimum absolute atomic E-state index is 1.21. The van der Waals surface area contributed by atoms with Gasteiger partial charge in [-0.2, -0.15) is 0 Å². The average molecular weight is 923 g/mol. The van der Waals surface area contributed by atoms with Crippen LogP contribution in [0.4, 0.5) is 0 Å². The zero-order valence-electron chi connectivity index (χ0n) is 38.1. The van der Waals surface area contributed by atoms with Crippen LogP contribution in [-0.2, 0) is 0 Å². The van der Waals surface area contributed by atoms with Gasteiger partial charge in [0.25, 0.3) is 0 Å². The Labute approximate surface area is 414 Å². The third-order valence-corrected chi connectivity index (χ3v) is 16.8. The quantitative estimate of drug-likeness (QED) is 0.140. The van der Waals surface area contributed by atoms with Crippen molar-refractivity contribution in [2.45, 2.75) is 0 Å². The van der Waals surface area contributed by atoms with Gasteiger partial charge in [-0.25, -0.2) is 0 Å². The molecule has 14 aromatic rings. The Morgan fingerprint density at radius 1 is 0.171 bits per heavy atom. The maximum atomic E-state index is 2.46. The third kappa shape index (κ3) is 6.79. The molecule has 70 heavy (non-hydrogen) atoms. The first kappa shape index (κ1) is 40.6. The van der Waals surface area contributed by atoms with Gasteiger partial charge in [0, 0.05) is 57.7 Å². The summed E-state index contributed by atoms with van der Waals surface area (Å²) < 4.78 is 0. The molecule has 2 heteroatoms. The molecule has 326 valence electrons. The summed E-state index contributed by atoms with van der Waals surface area (Å²) in [6.07, 6.45) is 0. The summed E-state index contributed by atoms with van der Waals surface area (Å²) >= 11 is 3.82. The summed E-state index contributed by atoms with van der Waals surface area (Å²) in [4.78, 5) is 5.18. The number of hydrogen-bond donors (Lipinski definition) is 0. The third-order valence-electron chi connectivity index (χ3n) is 14.2. The van der Waals surface area contributed by atoms with Crippen molar-refractivity contribution in [3.63, 3.8) is 0 Å². The SMILES string of the molecule is c1ccc(-c2ccccc2-c2sc(-c3cc(-c4ccc5cc6cccc(-c7sc(-c8ccccc8-c8ccccc8)c8ccccc78)c6cc5c4)c4cc5ccccc5cc4c3)c3ccccc23)cc1. The van der Waals surface area contributed by atoms with E-state index in [1.54, 1.807) is 0 Å². The molecule has 0 nitrogen and oxygen atoms in total. The largest absolute Gasteiger partial charge is 0.134 e. The van der Waals surface area contributed by atoms with Crippen LogP contribution in [0.1, 0.15) is 0 Å². The molecule has 0 aliphatic rings. The van der Waals surface area contributed by atoms with Gasteiger partial charge in [-0.15, -0.1) is 22.7 Å². The van der Waals surface area contributed by atoms with Crippen molar-refractivity contribution in [2.24, 2.45) is 0 Å². The molecule has 0 saturated carbocycles. The number of thiophene rings is 2. The normalized spacial score (nSPS) is 11.7. The number of rotatable bonds is 7. The molecular weight excluding hydrogens is 881 g/mol. The van der Waals surface area contributed by atoms with Crippen LogP contribution in [0.5, 0.6) is 0 Å². The molecule has 0 aliphatic heterocycles. The minimum Gasteiger partial charge on any atom is -0.134 e. The van der Waals surface area contributed by atoms with Gasteiger partial charge in [0.2, 0.25) is 0 Å². The van der Waals surface area contributed by atoms with Crippen molar-refractivity contribution in [3.05, 3.63) is 255 Å². The van der Waals surface area contributed by atoms with Crippen molar-refractivity contribution in [3.8, 4) is 75.1 Å². The van der Waals surface area contributed by atoms with E-state index in [-0.39, 0.29) is 0 Å². The second-order valence-corrected chi connectivity index (χ2v) is 20.4. The molecule has 0 radical (unpaired) electrons. The van der Waals surface area contributed by atoms with E-state index in [4.69, 9.17) is 0 Å². The zero-order chi connectivity index (χ0) is 46.1. The lowest BCUT2D eigenvalue weighted by Gasteiger charge is -2.14. The zero-order valence-corrected chi connectivity index (χ0v) is 39.7. The highest BCUT2D eigenvalue weighted by atomic mass is 32.1. The van der Waals surface area contributed by atoms with Gasteiger partial charge in [0.1, 0.15) is 0 Å². The van der Waals surface area contributed by atoms with Crippen molar-refractivity contribution in [1.82, 2.24) is 0 Å². The molecule has 0 unspecified atom stereocenters. The van der Waals surface area contributed by atoms with Crippen molar-refractivity contribution < 1.29 is 0 Å². The Balaban J connectivity index is 0.953. The van der Waals surface area contributed by atoms with Gasteiger partial charge in [0.05, 0.1) is 0 Å². The Morgan fingerprint density at radius 2 is 0.586 bits per heavy atom. The first-order valence-electron chi connectivity index (χ1n) is 24.0. The molecule has 2 aromatic heterocycles. The minimum atomic E-state index is 1.21. The predicted octanol–water partition coefficient (Wildman–Crippen LogP) is 20.4. The van der Waals surface area contributed by atoms with Crippen LogP contribution in [0.25, 0.3) is 140 Å². The fraction of sp³-hybridized carbons (Fsp3) is 0. The van der Waals surface area contributed by atoms with Gasteiger partial charge in [0.15, 0.2) is 0 Å². The van der Waals surface area contributed by atoms with Gasteiger partial charge < -0.3 is 0 Å². The van der Waals surface area contributed by atoms with Crippen LogP contribution >= 0.6 is 22.7 Å². The summed E-state index contributed by atoms with van der Waals surface area (Å²) in [6, 6.07) is 94.5. The molecule has 0 N–H and O–H groups in total. The molecule has 0 atom stereocenters. The Hall–Kier alpha value is -8.40. The summed E-state index contributed by atoms with van der Waals surface area (Å²) in [7, 11) is 0. The fourth-order valence-corrected chi connectivity index (χ4v) is 13.6. The maximum Gasteiger partial charge on any atom is 0.0434 e. The topological polar surface area (TPSA) is 0 Å². The molecule has 12 aromatic carbocycles. The average Bonchev–Trinajstić information content (AvgIpc) is 4.01. The predicted molar refractivity (Wildman–Crippen MR) is 305 cm³/mol. The summed E-state index contributed by atoms with van der Waals surface area (Å²) in [6.45, 7) is 0. The lowest BCUT2D eigenvalue weighted by Crippen LogP contribution is -1.87. The van der Waals surface area contributed by atoms with Crippen LogP contribution < -0.4 is 0 Å². The molecule has 14 rings (SSSR count). The maximum absolute atomic E-state index is 2.46. The van der Waals surface area contributed by atoms with E-state index in [9.17, 15) is 0 Å². The summed E-state index contributed by atoms with van der Waals surface area (Å²) in [5.74, 6) is 0. The van der Waals surface area contributed by atoms with E-state index in [2.05, 4.69) is 255 Å². The molecule has 0 saturated heterocycles. The lowest BCUT2D eigenvalue weighted by atomic mass is 9.90. The van der Waals surface area contributed by atoms with Gasteiger partial charge in [-0.3, -0.25) is 0 Å². The van der Waals surface area contributed by atoms with E-state index in [0.717, 1.165) is 0 Å². The first-order valence-corrected chi connectivity index (χ1v) is 25.6. The number of hydrogen-bond acceptors (Lipinski definition) is 2. The highest BCUT2D eigenvalue weighted by molar-refractivity contribution is 7.21. The standard InChI is InChI=1S/C68H42S2/c1-3-18-43(19-4-1)53-25-9-11-27-55(53)66-58-30-14-13-29-57(58)65(69-66)52-39-51-37-45-22-7-8-23-46(45)40-64(51)63(42-52)49-35-34-47-36-48-24-17-33-61(62(48)41-50(47)38-49)68-60-32-16-15-31-59(60)67(70-68)56-28-12-10-26-54(56)44-20-5-2-6-21-44/h1-42H. The van der Waals surface area contributed by atoms with Crippen LogP contribution in [0.3, 0.4) is 0 Å². The molecular formula is C68H42S2. The second-order valence-electron chi connectivity index (χ2n) is 18.3. The van der Waals surface area contributed by atoms with E-state index >= 15 is 0 Å². The molecule has 2 heterocycles. The number of fused-ring (bicyclic) bond motifs is 6. The van der Waals surface area contributed by atoms with Gasteiger partial charge in [-0.1, -0.05) is 212 Å². The van der Waals surface area contributed by atoms with Crippen LogP contribution in [-0.4, -0.2) is 0 Å². The van der Waals surface area contributed by atoms with Crippen LogP contribution in [0.2, 0.25) is 0 Å². The molecule has 0 aliphatic carbocycles. The van der Waals surface area contributed by atoms with E-state index in [0.29, 0.717) is 0 Å². The fourth-order valence-electron chi connectivity index (χ4n) is 10.9. The van der Waals surface area contributed by atoms with Crippen LogP contribution in [0.15, 0.2) is 255 Å².